The van der Waals surface area contributed by atoms with Gasteiger partial charge in [-0.1, -0.05) is 23.7 Å². The molecular weight excluding hydrogens is 306 g/mol. The highest BCUT2D eigenvalue weighted by molar-refractivity contribution is 6.30. The first kappa shape index (κ1) is 14.5. The van der Waals surface area contributed by atoms with Gasteiger partial charge in [-0.2, -0.15) is 9.88 Å². The molecule has 2 heterocycles. The summed E-state index contributed by atoms with van der Waals surface area (Å²) in [6, 6.07) is 6.98. The Bertz CT molecular complexity index is 712. The lowest BCUT2D eigenvalue weighted by Crippen LogP contribution is -2.33. The Morgan fingerprint density at radius 1 is 1.23 bits per heavy atom. The van der Waals surface area contributed by atoms with Gasteiger partial charge < -0.3 is 4.90 Å². The third-order valence-electron chi connectivity index (χ3n) is 3.40. The van der Waals surface area contributed by atoms with Crippen LogP contribution in [0.2, 0.25) is 5.02 Å². The van der Waals surface area contributed by atoms with E-state index in [2.05, 4.69) is 10.1 Å². The Morgan fingerprint density at radius 3 is 2.59 bits per heavy atom. The van der Waals surface area contributed by atoms with Crippen molar-refractivity contribution in [3.05, 3.63) is 41.2 Å². The van der Waals surface area contributed by atoms with Gasteiger partial charge in [0.25, 0.3) is 11.9 Å². The van der Waals surface area contributed by atoms with Gasteiger partial charge in [-0.3, -0.25) is 4.79 Å². The number of amides is 3. The van der Waals surface area contributed by atoms with E-state index in [4.69, 9.17) is 11.6 Å². The molecule has 0 atom stereocenters. The van der Waals surface area contributed by atoms with Crippen LogP contribution in [0.4, 0.5) is 10.7 Å². The maximum absolute atomic E-state index is 12.1. The maximum Gasteiger partial charge on any atom is 0.334 e. The standard InChI is InChI=1S/C14H14ClN5O2/c1-2-18-8-12(21)20(14(18)22)13-16-9-19(17-13)7-10-3-5-11(15)6-4-10/h3-6,9H,2,7-8H2,1H3. The molecule has 1 fully saturated rings. The summed E-state index contributed by atoms with van der Waals surface area (Å²) in [5, 5.41) is 4.87. The fourth-order valence-corrected chi connectivity index (χ4v) is 2.36. The second-order valence-corrected chi connectivity index (χ2v) is 5.33. The number of halogens is 1. The second-order valence-electron chi connectivity index (χ2n) is 4.89. The van der Waals surface area contributed by atoms with Crippen LogP contribution >= 0.6 is 11.6 Å². The molecule has 1 aliphatic heterocycles. The van der Waals surface area contributed by atoms with Crippen LogP contribution in [0.15, 0.2) is 30.6 Å². The van der Waals surface area contributed by atoms with Crippen LogP contribution in [-0.4, -0.2) is 44.7 Å². The zero-order valence-corrected chi connectivity index (χ0v) is 12.7. The third kappa shape index (κ3) is 2.67. The van der Waals surface area contributed by atoms with Crippen LogP contribution in [0.25, 0.3) is 0 Å². The van der Waals surface area contributed by atoms with Crippen molar-refractivity contribution in [3.8, 4) is 0 Å². The molecule has 7 nitrogen and oxygen atoms in total. The average molecular weight is 320 g/mol. The number of aromatic nitrogens is 3. The van der Waals surface area contributed by atoms with Crippen molar-refractivity contribution in [3.63, 3.8) is 0 Å². The predicted octanol–water partition coefficient (Wildman–Crippen LogP) is 1.77. The van der Waals surface area contributed by atoms with Gasteiger partial charge in [0.2, 0.25) is 0 Å². The van der Waals surface area contributed by atoms with Crippen molar-refractivity contribution in [2.45, 2.75) is 13.5 Å². The SMILES string of the molecule is CCN1CC(=O)N(c2ncn(Cc3ccc(Cl)cc3)n2)C1=O. The summed E-state index contributed by atoms with van der Waals surface area (Å²) in [6.45, 7) is 2.85. The summed E-state index contributed by atoms with van der Waals surface area (Å²) in [5.41, 5.74) is 0.995. The number of carbonyl (C=O) groups excluding carboxylic acids is 2. The molecule has 22 heavy (non-hydrogen) atoms. The van der Waals surface area contributed by atoms with Crippen molar-refractivity contribution in [2.75, 3.05) is 18.0 Å². The molecule has 0 unspecified atom stereocenters. The lowest BCUT2D eigenvalue weighted by molar-refractivity contribution is -0.116. The zero-order chi connectivity index (χ0) is 15.7. The molecule has 0 aliphatic carbocycles. The number of urea groups is 1. The first-order valence-corrected chi connectivity index (χ1v) is 7.22. The van der Waals surface area contributed by atoms with Gasteiger partial charge in [0, 0.05) is 11.6 Å². The molecule has 3 amide bonds. The zero-order valence-electron chi connectivity index (χ0n) is 11.9. The number of hydrogen-bond donors (Lipinski definition) is 0. The molecule has 0 radical (unpaired) electrons. The quantitative estimate of drug-likeness (QED) is 0.805. The van der Waals surface area contributed by atoms with Crippen LogP contribution in [0, 0.1) is 0 Å². The summed E-state index contributed by atoms with van der Waals surface area (Å²) in [6.07, 6.45) is 1.50. The average Bonchev–Trinajstić information content (AvgIpc) is 3.05. The van der Waals surface area contributed by atoms with E-state index in [0.29, 0.717) is 18.1 Å². The maximum atomic E-state index is 12.1. The van der Waals surface area contributed by atoms with Crippen LogP contribution in [0.3, 0.4) is 0 Å². The normalized spacial score (nSPS) is 15.0. The first-order chi connectivity index (χ1) is 10.6. The minimum atomic E-state index is -0.378. The van der Waals surface area contributed by atoms with E-state index in [1.54, 1.807) is 16.8 Å². The highest BCUT2D eigenvalue weighted by Gasteiger charge is 2.38. The molecule has 1 aliphatic rings. The Hall–Kier alpha value is -2.41. The van der Waals surface area contributed by atoms with Gasteiger partial charge in [0.1, 0.15) is 12.9 Å². The summed E-state index contributed by atoms with van der Waals surface area (Å²) in [7, 11) is 0. The Kier molecular flexibility index (Phi) is 3.81. The molecule has 0 saturated carbocycles. The molecule has 1 aromatic heterocycles. The number of imide groups is 1. The van der Waals surface area contributed by atoms with Gasteiger partial charge in [-0.05, 0) is 24.6 Å². The van der Waals surface area contributed by atoms with Crippen LogP contribution in [-0.2, 0) is 11.3 Å². The van der Waals surface area contributed by atoms with Crippen molar-refractivity contribution in [1.82, 2.24) is 19.7 Å². The van der Waals surface area contributed by atoms with E-state index >= 15 is 0 Å². The molecule has 0 N–H and O–H groups in total. The van der Waals surface area contributed by atoms with Crippen molar-refractivity contribution >= 4 is 29.5 Å². The summed E-state index contributed by atoms with van der Waals surface area (Å²) >= 11 is 5.84. The molecule has 0 bridgehead atoms. The van der Waals surface area contributed by atoms with E-state index < -0.39 is 0 Å². The van der Waals surface area contributed by atoms with Crippen LogP contribution in [0.1, 0.15) is 12.5 Å². The number of benzene rings is 1. The molecule has 8 heteroatoms. The van der Waals surface area contributed by atoms with Gasteiger partial charge >= 0.3 is 6.03 Å². The molecule has 2 aromatic rings. The van der Waals surface area contributed by atoms with Gasteiger partial charge in [-0.15, -0.1) is 5.10 Å². The summed E-state index contributed by atoms with van der Waals surface area (Å²) in [4.78, 5) is 30.5. The minimum absolute atomic E-state index is 0.0705. The fraction of sp³-hybridized carbons (Fsp3) is 0.286. The fourth-order valence-electron chi connectivity index (χ4n) is 2.23. The van der Waals surface area contributed by atoms with E-state index in [9.17, 15) is 9.59 Å². The van der Waals surface area contributed by atoms with E-state index in [1.165, 1.54) is 11.2 Å². The summed E-state index contributed by atoms with van der Waals surface area (Å²) in [5.74, 6) is -0.198. The van der Waals surface area contributed by atoms with E-state index in [-0.39, 0.29) is 24.4 Å². The topological polar surface area (TPSA) is 71.3 Å². The van der Waals surface area contributed by atoms with E-state index in [0.717, 1.165) is 10.5 Å². The monoisotopic (exact) mass is 319 g/mol. The lowest BCUT2D eigenvalue weighted by atomic mass is 10.2. The Labute approximate surface area is 132 Å². The highest BCUT2D eigenvalue weighted by atomic mass is 35.5. The number of anilines is 1. The number of carbonyl (C=O) groups is 2. The van der Waals surface area contributed by atoms with Gasteiger partial charge in [0.05, 0.1) is 6.54 Å². The lowest BCUT2D eigenvalue weighted by Gasteiger charge is -2.11. The van der Waals surface area contributed by atoms with Crippen molar-refractivity contribution in [1.29, 1.82) is 0 Å². The smallest absolute Gasteiger partial charge is 0.315 e. The highest BCUT2D eigenvalue weighted by Crippen LogP contribution is 2.17. The van der Waals surface area contributed by atoms with Crippen LogP contribution < -0.4 is 4.90 Å². The van der Waals surface area contributed by atoms with Crippen molar-refractivity contribution in [2.24, 2.45) is 0 Å². The minimum Gasteiger partial charge on any atom is -0.315 e. The Morgan fingerprint density at radius 2 is 1.95 bits per heavy atom. The Balaban J connectivity index is 1.78. The molecule has 1 aromatic carbocycles. The first-order valence-electron chi connectivity index (χ1n) is 6.84. The van der Waals surface area contributed by atoms with Crippen LogP contribution in [0.5, 0.6) is 0 Å². The van der Waals surface area contributed by atoms with Crippen molar-refractivity contribution < 1.29 is 9.59 Å². The van der Waals surface area contributed by atoms with E-state index in [1.807, 2.05) is 19.1 Å². The predicted molar refractivity (Wildman–Crippen MR) is 80.7 cm³/mol. The molecule has 3 rings (SSSR count). The number of hydrogen-bond acceptors (Lipinski definition) is 4. The number of nitrogens with zero attached hydrogens (tertiary/aromatic N) is 5. The third-order valence-corrected chi connectivity index (χ3v) is 3.65. The number of rotatable bonds is 4. The molecular formula is C14H14ClN5O2. The number of likely N-dealkylation sites (N-methyl/N-ethyl adjacent to an activating group) is 1. The van der Waals surface area contributed by atoms with Gasteiger partial charge in [-0.25, -0.2) is 9.48 Å². The molecule has 1 saturated heterocycles. The molecule has 114 valence electrons. The molecule has 0 spiro atoms. The van der Waals surface area contributed by atoms with Gasteiger partial charge in [0.15, 0.2) is 0 Å². The second kappa shape index (κ2) is 5.76. The summed E-state index contributed by atoms with van der Waals surface area (Å²) < 4.78 is 1.58. The largest absolute Gasteiger partial charge is 0.334 e.